The smallest absolute Gasteiger partial charge is 0.0950 e. The van der Waals surface area contributed by atoms with Gasteiger partial charge < -0.3 is 10.4 Å². The Morgan fingerprint density at radius 3 is 2.83 bits per heavy atom. The minimum Gasteiger partial charge on any atom is -0.391 e. The monoisotopic (exact) mass is 245 g/mol. The van der Waals surface area contributed by atoms with Crippen LogP contribution in [0.1, 0.15) is 20.3 Å². The number of aromatic nitrogens is 2. The first-order valence-corrected chi connectivity index (χ1v) is 6.29. The van der Waals surface area contributed by atoms with Gasteiger partial charge in [0.2, 0.25) is 0 Å². The molecular weight excluding hydrogens is 226 g/mol. The van der Waals surface area contributed by atoms with Gasteiger partial charge in [0.15, 0.2) is 0 Å². The third-order valence-electron chi connectivity index (χ3n) is 2.82. The van der Waals surface area contributed by atoms with Crippen molar-refractivity contribution in [2.75, 3.05) is 11.9 Å². The Labute approximate surface area is 107 Å². The van der Waals surface area contributed by atoms with Crippen molar-refractivity contribution in [2.45, 2.75) is 26.4 Å². The SMILES string of the molecule is CC(C)CC(O)CNc1cnnc2ccccc12. The molecule has 0 bridgehead atoms. The van der Waals surface area contributed by atoms with Crippen molar-refractivity contribution >= 4 is 16.6 Å². The lowest BCUT2D eigenvalue weighted by Crippen LogP contribution is -2.21. The van der Waals surface area contributed by atoms with Crippen LogP contribution in [0.4, 0.5) is 5.69 Å². The van der Waals surface area contributed by atoms with Gasteiger partial charge >= 0.3 is 0 Å². The van der Waals surface area contributed by atoms with Gasteiger partial charge in [0, 0.05) is 11.9 Å². The molecule has 0 saturated carbocycles. The molecule has 0 radical (unpaired) electrons. The quantitative estimate of drug-likeness (QED) is 0.849. The maximum absolute atomic E-state index is 9.85. The van der Waals surface area contributed by atoms with Gasteiger partial charge in [-0.05, 0) is 18.4 Å². The van der Waals surface area contributed by atoms with E-state index in [0.717, 1.165) is 23.0 Å². The summed E-state index contributed by atoms with van der Waals surface area (Å²) >= 11 is 0. The first-order valence-electron chi connectivity index (χ1n) is 6.29. The normalized spacial score (nSPS) is 12.9. The van der Waals surface area contributed by atoms with Crippen LogP contribution in [0.5, 0.6) is 0 Å². The second-order valence-electron chi connectivity index (χ2n) is 4.94. The Morgan fingerprint density at radius 1 is 1.28 bits per heavy atom. The van der Waals surface area contributed by atoms with Gasteiger partial charge in [0.25, 0.3) is 0 Å². The average Bonchev–Trinajstić information content (AvgIpc) is 2.35. The molecule has 0 aliphatic rings. The van der Waals surface area contributed by atoms with E-state index in [2.05, 4.69) is 29.4 Å². The summed E-state index contributed by atoms with van der Waals surface area (Å²) in [6.45, 7) is 4.74. The number of hydrogen-bond acceptors (Lipinski definition) is 4. The van der Waals surface area contributed by atoms with Crippen LogP contribution in [0.3, 0.4) is 0 Å². The number of nitrogens with one attached hydrogen (secondary N) is 1. The number of aliphatic hydroxyl groups excluding tert-OH is 1. The number of anilines is 1. The van der Waals surface area contributed by atoms with E-state index in [0.29, 0.717) is 12.5 Å². The van der Waals surface area contributed by atoms with Gasteiger partial charge in [0.05, 0.1) is 23.5 Å². The molecule has 0 fully saturated rings. The Hall–Kier alpha value is -1.68. The van der Waals surface area contributed by atoms with E-state index in [9.17, 15) is 5.11 Å². The molecule has 0 aliphatic carbocycles. The van der Waals surface area contributed by atoms with Gasteiger partial charge in [-0.1, -0.05) is 32.0 Å². The minimum atomic E-state index is -0.336. The van der Waals surface area contributed by atoms with Crippen molar-refractivity contribution in [3.63, 3.8) is 0 Å². The number of rotatable bonds is 5. The summed E-state index contributed by atoms with van der Waals surface area (Å²) in [4.78, 5) is 0. The second-order valence-corrected chi connectivity index (χ2v) is 4.94. The van der Waals surface area contributed by atoms with E-state index >= 15 is 0 Å². The molecule has 1 atom stereocenters. The van der Waals surface area contributed by atoms with Crippen molar-refractivity contribution in [3.05, 3.63) is 30.5 Å². The zero-order chi connectivity index (χ0) is 13.0. The maximum atomic E-state index is 9.85. The van der Waals surface area contributed by atoms with Crippen LogP contribution < -0.4 is 5.32 Å². The van der Waals surface area contributed by atoms with Crippen LogP contribution in [0, 0.1) is 5.92 Å². The summed E-state index contributed by atoms with van der Waals surface area (Å²) < 4.78 is 0. The van der Waals surface area contributed by atoms with Crippen LogP contribution in [0.2, 0.25) is 0 Å². The van der Waals surface area contributed by atoms with Crippen LogP contribution in [0.25, 0.3) is 10.9 Å². The molecular formula is C14H19N3O. The molecule has 4 nitrogen and oxygen atoms in total. The molecule has 4 heteroatoms. The molecule has 0 saturated heterocycles. The summed E-state index contributed by atoms with van der Waals surface area (Å²) in [6, 6.07) is 7.84. The average molecular weight is 245 g/mol. The summed E-state index contributed by atoms with van der Waals surface area (Å²) in [5.74, 6) is 0.495. The Morgan fingerprint density at radius 2 is 2.06 bits per heavy atom. The lowest BCUT2D eigenvalue weighted by molar-refractivity contribution is 0.161. The van der Waals surface area contributed by atoms with Crippen molar-refractivity contribution in [1.82, 2.24) is 10.2 Å². The molecule has 18 heavy (non-hydrogen) atoms. The highest BCUT2D eigenvalue weighted by Crippen LogP contribution is 2.19. The van der Waals surface area contributed by atoms with Crippen molar-refractivity contribution in [1.29, 1.82) is 0 Å². The van der Waals surface area contributed by atoms with E-state index in [4.69, 9.17) is 0 Å². The van der Waals surface area contributed by atoms with Gasteiger partial charge in [-0.2, -0.15) is 10.2 Å². The van der Waals surface area contributed by atoms with Crippen LogP contribution in [-0.4, -0.2) is 28.0 Å². The van der Waals surface area contributed by atoms with Crippen LogP contribution >= 0.6 is 0 Å². The molecule has 0 amide bonds. The first-order chi connectivity index (χ1) is 8.66. The van der Waals surface area contributed by atoms with Gasteiger partial charge in [-0.3, -0.25) is 0 Å². The predicted octanol–water partition coefficient (Wildman–Crippen LogP) is 2.45. The lowest BCUT2D eigenvalue weighted by Gasteiger charge is -2.15. The molecule has 1 unspecified atom stereocenters. The highest BCUT2D eigenvalue weighted by Gasteiger charge is 2.08. The Balaban J connectivity index is 2.08. The third kappa shape index (κ3) is 3.17. The molecule has 2 aromatic rings. The van der Waals surface area contributed by atoms with E-state index in [-0.39, 0.29) is 6.10 Å². The van der Waals surface area contributed by atoms with E-state index in [1.807, 2.05) is 24.3 Å². The second kappa shape index (κ2) is 5.78. The van der Waals surface area contributed by atoms with Crippen LogP contribution in [0.15, 0.2) is 30.5 Å². The van der Waals surface area contributed by atoms with Crippen LogP contribution in [-0.2, 0) is 0 Å². The molecule has 1 heterocycles. The summed E-state index contributed by atoms with van der Waals surface area (Å²) in [5.41, 5.74) is 1.78. The minimum absolute atomic E-state index is 0.336. The van der Waals surface area contributed by atoms with E-state index in [1.54, 1.807) is 6.20 Å². The fraction of sp³-hybridized carbons (Fsp3) is 0.429. The molecule has 0 spiro atoms. The van der Waals surface area contributed by atoms with Gasteiger partial charge in [-0.25, -0.2) is 0 Å². The summed E-state index contributed by atoms with van der Waals surface area (Å²) in [7, 11) is 0. The molecule has 1 aromatic carbocycles. The van der Waals surface area contributed by atoms with Crippen molar-refractivity contribution in [2.24, 2.45) is 5.92 Å². The van der Waals surface area contributed by atoms with Crippen molar-refractivity contribution < 1.29 is 5.11 Å². The highest BCUT2D eigenvalue weighted by molar-refractivity contribution is 5.90. The topological polar surface area (TPSA) is 58.0 Å². The number of hydrogen-bond donors (Lipinski definition) is 2. The molecule has 96 valence electrons. The molecule has 0 aliphatic heterocycles. The molecule has 1 aromatic heterocycles. The maximum Gasteiger partial charge on any atom is 0.0950 e. The summed E-state index contributed by atoms with van der Waals surface area (Å²) in [6.07, 6.45) is 2.16. The largest absolute Gasteiger partial charge is 0.391 e. The third-order valence-corrected chi connectivity index (χ3v) is 2.82. The molecule has 2 rings (SSSR count). The number of fused-ring (bicyclic) bond motifs is 1. The Kier molecular flexibility index (Phi) is 4.10. The number of aliphatic hydroxyl groups is 1. The fourth-order valence-corrected chi connectivity index (χ4v) is 2.00. The zero-order valence-electron chi connectivity index (χ0n) is 10.8. The predicted molar refractivity (Wildman–Crippen MR) is 73.5 cm³/mol. The fourth-order valence-electron chi connectivity index (χ4n) is 2.00. The number of benzene rings is 1. The summed E-state index contributed by atoms with van der Waals surface area (Å²) in [5, 5.41) is 22.1. The van der Waals surface area contributed by atoms with Gasteiger partial charge in [0.1, 0.15) is 0 Å². The first kappa shape index (κ1) is 12.8. The number of nitrogens with zero attached hydrogens (tertiary/aromatic N) is 2. The zero-order valence-corrected chi connectivity index (χ0v) is 10.8. The van der Waals surface area contributed by atoms with Crippen molar-refractivity contribution in [3.8, 4) is 0 Å². The lowest BCUT2D eigenvalue weighted by atomic mass is 10.1. The molecule has 2 N–H and O–H groups in total. The standard InChI is InChI=1S/C14H19N3O/c1-10(2)7-11(18)8-15-14-9-16-17-13-6-4-3-5-12(13)14/h3-6,9-11,18H,7-8H2,1-2H3,(H,15,17). The Bertz CT molecular complexity index is 508. The van der Waals surface area contributed by atoms with E-state index in [1.165, 1.54) is 0 Å². The highest BCUT2D eigenvalue weighted by atomic mass is 16.3. The van der Waals surface area contributed by atoms with E-state index < -0.39 is 0 Å². The van der Waals surface area contributed by atoms with Gasteiger partial charge in [-0.15, -0.1) is 0 Å².